The average molecular weight is 332 g/mol. The van der Waals surface area contributed by atoms with E-state index in [0.29, 0.717) is 18.7 Å². The van der Waals surface area contributed by atoms with Crippen LogP contribution in [0.5, 0.6) is 5.75 Å². The molecular weight excluding hydrogens is 310 g/mol. The van der Waals surface area contributed by atoms with Gasteiger partial charge in [0.2, 0.25) is 0 Å². The highest BCUT2D eigenvalue weighted by Gasteiger charge is 2.28. The maximum absolute atomic E-state index is 11.8. The minimum atomic E-state index is -0.385. The van der Waals surface area contributed by atoms with Crippen molar-refractivity contribution in [2.45, 2.75) is 26.3 Å². The number of rotatable bonds is 4. The number of phenolic OH excluding ortho intramolecular Hbond substituents is 1. The summed E-state index contributed by atoms with van der Waals surface area (Å²) in [5, 5.41) is 10.5. The van der Waals surface area contributed by atoms with Gasteiger partial charge >= 0.3 is 11.6 Å². The maximum atomic E-state index is 11.8. The predicted molar refractivity (Wildman–Crippen MR) is 87.9 cm³/mol. The van der Waals surface area contributed by atoms with Gasteiger partial charge in [-0.3, -0.25) is 4.79 Å². The van der Waals surface area contributed by atoms with Crippen LogP contribution < -0.4 is 10.5 Å². The van der Waals surface area contributed by atoms with Crippen LogP contribution in [0.2, 0.25) is 0 Å². The van der Waals surface area contributed by atoms with Crippen LogP contribution >= 0.6 is 0 Å². The van der Waals surface area contributed by atoms with E-state index in [-0.39, 0.29) is 23.3 Å². The second kappa shape index (κ2) is 7.05. The molecule has 2 aromatic rings. The van der Waals surface area contributed by atoms with Crippen molar-refractivity contribution in [3.05, 3.63) is 40.2 Å². The van der Waals surface area contributed by atoms with Gasteiger partial charge in [0.1, 0.15) is 17.9 Å². The Kier molecular flexibility index (Phi) is 4.85. The number of phenols is 1. The van der Waals surface area contributed by atoms with Crippen molar-refractivity contribution < 1.29 is 24.0 Å². The van der Waals surface area contributed by atoms with Gasteiger partial charge in [0.15, 0.2) is 0 Å². The third kappa shape index (κ3) is 3.59. The van der Waals surface area contributed by atoms with Crippen molar-refractivity contribution in [3.8, 4) is 5.75 Å². The second-order valence-corrected chi connectivity index (χ2v) is 6.22. The molecular formula is C18H22NO5+. The quantitative estimate of drug-likeness (QED) is 0.641. The maximum Gasteiger partial charge on any atom is 0.336 e. The first-order valence-corrected chi connectivity index (χ1v) is 8.32. The summed E-state index contributed by atoms with van der Waals surface area (Å²) < 4.78 is 10.3. The van der Waals surface area contributed by atoms with Crippen LogP contribution in [0.25, 0.3) is 11.0 Å². The number of ether oxygens (including phenoxy) is 1. The van der Waals surface area contributed by atoms with E-state index in [1.807, 2.05) is 6.92 Å². The summed E-state index contributed by atoms with van der Waals surface area (Å²) in [4.78, 5) is 24.9. The molecule has 1 aromatic carbocycles. The van der Waals surface area contributed by atoms with Crippen molar-refractivity contribution in [3.63, 3.8) is 0 Å². The third-order valence-electron chi connectivity index (χ3n) is 4.56. The summed E-state index contributed by atoms with van der Waals surface area (Å²) in [6, 6.07) is 6.23. The van der Waals surface area contributed by atoms with Gasteiger partial charge in [-0.25, -0.2) is 4.79 Å². The number of quaternary nitrogens is 1. The fourth-order valence-electron chi connectivity index (χ4n) is 3.33. The molecule has 1 aliphatic heterocycles. The van der Waals surface area contributed by atoms with Crippen LogP contribution in [0.3, 0.4) is 0 Å². The summed E-state index contributed by atoms with van der Waals surface area (Å²) in [7, 11) is 0. The monoisotopic (exact) mass is 332 g/mol. The molecule has 0 bridgehead atoms. The van der Waals surface area contributed by atoms with E-state index in [1.165, 1.54) is 17.0 Å². The summed E-state index contributed by atoms with van der Waals surface area (Å²) in [6.45, 7) is 4.61. The molecule has 0 amide bonds. The Morgan fingerprint density at radius 1 is 1.33 bits per heavy atom. The minimum Gasteiger partial charge on any atom is -0.508 e. The Balaban J connectivity index is 1.73. The molecule has 0 spiro atoms. The number of benzene rings is 1. The van der Waals surface area contributed by atoms with Gasteiger partial charge in [-0.15, -0.1) is 0 Å². The van der Waals surface area contributed by atoms with E-state index >= 15 is 0 Å². The fraction of sp³-hybridized carbons (Fsp3) is 0.444. The number of fused-ring (bicyclic) bond motifs is 1. The molecule has 0 aliphatic carbocycles. The largest absolute Gasteiger partial charge is 0.508 e. The lowest BCUT2D eigenvalue weighted by Gasteiger charge is -2.28. The Bertz CT molecular complexity index is 790. The molecule has 6 nitrogen and oxygen atoms in total. The van der Waals surface area contributed by atoms with Crippen LogP contribution in [-0.2, 0) is 16.1 Å². The summed E-state index contributed by atoms with van der Waals surface area (Å²) >= 11 is 0. The van der Waals surface area contributed by atoms with E-state index in [1.54, 1.807) is 12.1 Å². The molecule has 24 heavy (non-hydrogen) atoms. The zero-order valence-corrected chi connectivity index (χ0v) is 13.7. The number of aromatic hydroxyl groups is 1. The van der Waals surface area contributed by atoms with E-state index in [9.17, 15) is 14.7 Å². The number of esters is 1. The molecule has 0 unspecified atom stereocenters. The Morgan fingerprint density at radius 3 is 2.79 bits per heavy atom. The molecule has 6 heteroatoms. The number of hydrogen-bond donors (Lipinski definition) is 2. The van der Waals surface area contributed by atoms with Gasteiger partial charge in [-0.1, -0.05) is 0 Å². The molecule has 0 saturated carbocycles. The van der Waals surface area contributed by atoms with E-state index < -0.39 is 0 Å². The molecule has 3 rings (SSSR count). The van der Waals surface area contributed by atoms with Crippen LogP contribution in [0, 0.1) is 5.92 Å². The molecule has 1 fully saturated rings. The molecule has 0 atom stereocenters. The zero-order valence-electron chi connectivity index (χ0n) is 13.7. The molecule has 0 radical (unpaired) electrons. The molecule has 128 valence electrons. The van der Waals surface area contributed by atoms with Crippen molar-refractivity contribution >= 4 is 16.9 Å². The normalized spacial score (nSPS) is 20.9. The fourth-order valence-corrected chi connectivity index (χ4v) is 3.33. The van der Waals surface area contributed by atoms with Crippen LogP contribution in [0.15, 0.2) is 33.5 Å². The lowest BCUT2D eigenvalue weighted by molar-refractivity contribution is -0.919. The third-order valence-corrected chi connectivity index (χ3v) is 4.56. The second-order valence-electron chi connectivity index (χ2n) is 6.22. The van der Waals surface area contributed by atoms with Gasteiger partial charge in [-0.05, 0) is 25.1 Å². The highest BCUT2D eigenvalue weighted by Crippen LogP contribution is 2.22. The Labute approximate surface area is 139 Å². The summed E-state index contributed by atoms with van der Waals surface area (Å²) in [6.07, 6.45) is 1.58. The molecule has 1 aliphatic rings. The Morgan fingerprint density at radius 2 is 2.08 bits per heavy atom. The lowest BCUT2D eigenvalue weighted by atomic mass is 9.96. The number of nitrogens with one attached hydrogen (secondary N) is 1. The van der Waals surface area contributed by atoms with Crippen LogP contribution in [0.4, 0.5) is 0 Å². The SMILES string of the molecule is CCOC(=O)C1CC[NH+](Cc2cc(=O)oc3ccc(O)cc23)CC1. The molecule has 2 N–H and O–H groups in total. The number of hydrogen-bond acceptors (Lipinski definition) is 5. The van der Waals surface area contributed by atoms with E-state index in [2.05, 4.69) is 0 Å². The van der Waals surface area contributed by atoms with Gasteiger partial charge in [-0.2, -0.15) is 0 Å². The van der Waals surface area contributed by atoms with Gasteiger partial charge < -0.3 is 19.2 Å². The summed E-state index contributed by atoms with van der Waals surface area (Å²) in [5.74, 6) is 0.0243. The Hall–Kier alpha value is -2.34. The molecule has 2 heterocycles. The minimum absolute atomic E-state index is 0.0182. The van der Waals surface area contributed by atoms with Crippen molar-refractivity contribution in [1.29, 1.82) is 0 Å². The van der Waals surface area contributed by atoms with Crippen LogP contribution in [0.1, 0.15) is 25.3 Å². The number of piperidine rings is 1. The number of carbonyl (C=O) groups is 1. The van der Waals surface area contributed by atoms with Crippen LogP contribution in [-0.4, -0.2) is 30.8 Å². The summed E-state index contributed by atoms with van der Waals surface area (Å²) in [5.41, 5.74) is 0.960. The van der Waals surface area contributed by atoms with Gasteiger partial charge in [0.25, 0.3) is 0 Å². The number of likely N-dealkylation sites (tertiary alicyclic amines) is 1. The highest BCUT2D eigenvalue weighted by atomic mass is 16.5. The first-order chi connectivity index (χ1) is 11.6. The average Bonchev–Trinajstić information content (AvgIpc) is 2.56. The lowest BCUT2D eigenvalue weighted by Crippen LogP contribution is -3.11. The van der Waals surface area contributed by atoms with Crippen molar-refractivity contribution in [1.82, 2.24) is 0 Å². The van der Waals surface area contributed by atoms with Gasteiger partial charge in [0.05, 0.1) is 25.6 Å². The molecule has 1 aromatic heterocycles. The zero-order chi connectivity index (χ0) is 17.1. The van der Waals surface area contributed by atoms with Crippen molar-refractivity contribution in [2.75, 3.05) is 19.7 Å². The predicted octanol–water partition coefficient (Wildman–Crippen LogP) is 0.857. The van der Waals surface area contributed by atoms with E-state index in [0.717, 1.165) is 36.9 Å². The van der Waals surface area contributed by atoms with Crippen molar-refractivity contribution in [2.24, 2.45) is 5.92 Å². The van der Waals surface area contributed by atoms with Gasteiger partial charge in [0, 0.05) is 29.9 Å². The first-order valence-electron chi connectivity index (χ1n) is 8.32. The first kappa shape index (κ1) is 16.5. The number of carbonyl (C=O) groups excluding carboxylic acids is 1. The van der Waals surface area contributed by atoms with E-state index in [4.69, 9.17) is 9.15 Å². The molecule has 1 saturated heterocycles. The highest BCUT2D eigenvalue weighted by molar-refractivity contribution is 5.81. The smallest absolute Gasteiger partial charge is 0.336 e. The standard InChI is InChI=1S/C18H21NO5/c1-2-23-18(22)12-5-7-19(8-6-12)11-13-9-17(21)24-16-4-3-14(20)10-15(13)16/h3-4,9-10,12,20H,2,5-8,11H2,1H3/p+1. The topological polar surface area (TPSA) is 81.2 Å².